The third-order valence-corrected chi connectivity index (χ3v) is 4.00. The molecule has 1 aliphatic heterocycles. The number of nitrogens with zero attached hydrogens (tertiary/aromatic N) is 2. The van der Waals surface area contributed by atoms with Crippen molar-refractivity contribution in [2.24, 2.45) is 0 Å². The summed E-state index contributed by atoms with van der Waals surface area (Å²) in [6.45, 7) is 0.700. The minimum atomic E-state index is -0.267. The van der Waals surface area contributed by atoms with E-state index in [4.69, 9.17) is 4.42 Å². The van der Waals surface area contributed by atoms with Gasteiger partial charge in [0.05, 0.1) is 6.04 Å². The molecule has 1 amide bonds. The number of carbonyl (C=O) groups is 1. The predicted octanol–water partition coefficient (Wildman–Crippen LogP) is 1.60. The van der Waals surface area contributed by atoms with E-state index < -0.39 is 0 Å². The van der Waals surface area contributed by atoms with Gasteiger partial charge in [0.1, 0.15) is 0 Å². The van der Waals surface area contributed by atoms with Crippen LogP contribution in [0.5, 0.6) is 0 Å². The van der Waals surface area contributed by atoms with Gasteiger partial charge in [0.2, 0.25) is 11.8 Å². The van der Waals surface area contributed by atoms with E-state index in [1.54, 1.807) is 0 Å². The molecule has 108 valence electrons. The monoisotopic (exact) mass is 284 g/mol. The summed E-state index contributed by atoms with van der Waals surface area (Å²) >= 11 is 0. The number of nitrogens with one attached hydrogen (secondary N) is 2. The molecule has 1 atom stereocenters. The van der Waals surface area contributed by atoms with Gasteiger partial charge in [0.15, 0.2) is 0 Å². The van der Waals surface area contributed by atoms with Crippen molar-refractivity contribution < 1.29 is 9.21 Å². The highest BCUT2D eigenvalue weighted by molar-refractivity contribution is 5.93. The van der Waals surface area contributed by atoms with E-state index in [2.05, 4.69) is 33.0 Å². The number of fused-ring (bicyclic) bond motifs is 1. The first-order valence-corrected chi connectivity index (χ1v) is 7.24. The van der Waals surface area contributed by atoms with Crippen molar-refractivity contribution in [3.63, 3.8) is 0 Å². The average Bonchev–Trinajstić information content (AvgIpc) is 3.27. The molecule has 0 spiro atoms. The molecule has 0 saturated heterocycles. The van der Waals surface area contributed by atoms with Gasteiger partial charge in [-0.25, -0.2) is 0 Å². The topological polar surface area (TPSA) is 80.1 Å². The molecule has 2 N–H and O–H groups in total. The highest BCUT2D eigenvalue weighted by Crippen LogP contribution is 2.39. The lowest BCUT2D eigenvalue weighted by molar-refractivity contribution is -0.118. The van der Waals surface area contributed by atoms with E-state index in [1.807, 2.05) is 12.1 Å². The smallest absolute Gasteiger partial charge is 0.322 e. The second-order valence-corrected chi connectivity index (χ2v) is 5.62. The molecule has 0 radical (unpaired) electrons. The van der Waals surface area contributed by atoms with Gasteiger partial charge in [-0.2, -0.15) is 0 Å². The molecule has 2 heterocycles. The van der Waals surface area contributed by atoms with Gasteiger partial charge < -0.3 is 9.73 Å². The first kappa shape index (κ1) is 12.5. The summed E-state index contributed by atoms with van der Waals surface area (Å²) in [5.41, 5.74) is 2.45. The first-order chi connectivity index (χ1) is 10.3. The van der Waals surface area contributed by atoms with Crippen molar-refractivity contribution in [1.82, 2.24) is 15.5 Å². The molecule has 0 unspecified atom stereocenters. The Morgan fingerprint density at radius 1 is 1.24 bits per heavy atom. The number of aromatic nitrogens is 2. The van der Waals surface area contributed by atoms with Gasteiger partial charge in [-0.1, -0.05) is 29.4 Å². The van der Waals surface area contributed by atoms with Crippen LogP contribution in [0.3, 0.4) is 0 Å². The predicted molar refractivity (Wildman–Crippen MR) is 75.7 cm³/mol. The minimum Gasteiger partial charge on any atom is -0.408 e. The van der Waals surface area contributed by atoms with Crippen LogP contribution in [0.15, 0.2) is 28.7 Å². The quantitative estimate of drug-likeness (QED) is 0.895. The zero-order valence-electron chi connectivity index (χ0n) is 11.5. The van der Waals surface area contributed by atoms with Crippen molar-refractivity contribution in [1.29, 1.82) is 0 Å². The lowest BCUT2D eigenvalue weighted by atomic mass is 9.95. The van der Waals surface area contributed by atoms with Crippen LogP contribution >= 0.6 is 0 Å². The number of amides is 1. The zero-order chi connectivity index (χ0) is 14.2. The Kier molecular flexibility index (Phi) is 2.96. The summed E-state index contributed by atoms with van der Waals surface area (Å²) in [6, 6.07) is 8.08. The van der Waals surface area contributed by atoms with Crippen molar-refractivity contribution in [2.75, 3.05) is 5.32 Å². The van der Waals surface area contributed by atoms with Crippen LogP contribution in [0.25, 0.3) is 0 Å². The van der Waals surface area contributed by atoms with Crippen LogP contribution in [0.4, 0.5) is 6.01 Å². The maximum Gasteiger partial charge on any atom is 0.322 e. The maximum atomic E-state index is 12.3. The maximum absolute atomic E-state index is 12.3. The summed E-state index contributed by atoms with van der Waals surface area (Å²) in [5.74, 6) is 0.894. The highest BCUT2D eigenvalue weighted by atomic mass is 16.4. The van der Waals surface area contributed by atoms with E-state index in [-0.39, 0.29) is 18.0 Å². The molecule has 2 aliphatic rings. The molecule has 2 aromatic rings. The average molecular weight is 284 g/mol. The second kappa shape index (κ2) is 4.96. The Balaban J connectivity index is 1.43. The molecule has 1 fully saturated rings. The third kappa shape index (κ3) is 2.54. The van der Waals surface area contributed by atoms with Gasteiger partial charge in [-0.15, -0.1) is 5.10 Å². The summed E-state index contributed by atoms with van der Waals surface area (Å²) in [7, 11) is 0. The number of hydrogen-bond acceptors (Lipinski definition) is 5. The largest absolute Gasteiger partial charge is 0.408 e. The number of carbonyl (C=O) groups excluding carboxylic acids is 1. The van der Waals surface area contributed by atoms with E-state index in [0.29, 0.717) is 24.8 Å². The van der Waals surface area contributed by atoms with Crippen LogP contribution in [-0.4, -0.2) is 22.1 Å². The van der Waals surface area contributed by atoms with Gasteiger partial charge in [0, 0.05) is 12.5 Å². The fourth-order valence-corrected chi connectivity index (χ4v) is 2.61. The first-order valence-electron chi connectivity index (χ1n) is 7.24. The lowest BCUT2D eigenvalue weighted by Crippen LogP contribution is -2.44. The normalized spacial score (nSPS) is 20.9. The van der Waals surface area contributed by atoms with E-state index in [9.17, 15) is 4.79 Å². The van der Waals surface area contributed by atoms with Crippen LogP contribution < -0.4 is 10.6 Å². The van der Waals surface area contributed by atoms with Gasteiger partial charge in [0.25, 0.3) is 0 Å². The van der Waals surface area contributed by atoms with Crippen LogP contribution in [0.2, 0.25) is 0 Å². The van der Waals surface area contributed by atoms with Crippen molar-refractivity contribution in [3.05, 3.63) is 41.3 Å². The number of rotatable bonds is 3. The second-order valence-electron chi connectivity index (χ2n) is 5.62. The SMILES string of the molecule is O=C(Nc1nnc(C2CC2)o1)[C@H]1Cc2ccccc2CN1. The van der Waals surface area contributed by atoms with E-state index in [1.165, 1.54) is 11.1 Å². The molecule has 21 heavy (non-hydrogen) atoms. The fraction of sp³-hybridized carbons (Fsp3) is 0.400. The van der Waals surface area contributed by atoms with Crippen molar-refractivity contribution in [2.45, 2.75) is 37.8 Å². The lowest BCUT2D eigenvalue weighted by Gasteiger charge is -2.24. The molecule has 0 bridgehead atoms. The summed E-state index contributed by atoms with van der Waals surface area (Å²) in [4.78, 5) is 12.3. The van der Waals surface area contributed by atoms with Crippen LogP contribution in [0.1, 0.15) is 35.8 Å². The van der Waals surface area contributed by atoms with Crippen molar-refractivity contribution >= 4 is 11.9 Å². The van der Waals surface area contributed by atoms with Crippen molar-refractivity contribution in [3.8, 4) is 0 Å². The fourth-order valence-electron chi connectivity index (χ4n) is 2.61. The van der Waals surface area contributed by atoms with E-state index >= 15 is 0 Å². The Morgan fingerprint density at radius 3 is 2.86 bits per heavy atom. The third-order valence-electron chi connectivity index (χ3n) is 4.00. The minimum absolute atomic E-state index is 0.129. The summed E-state index contributed by atoms with van der Waals surface area (Å²) < 4.78 is 5.46. The summed E-state index contributed by atoms with van der Waals surface area (Å²) in [5, 5.41) is 13.8. The van der Waals surface area contributed by atoms with E-state index in [0.717, 1.165) is 12.8 Å². The molecule has 4 rings (SSSR count). The zero-order valence-corrected chi connectivity index (χ0v) is 11.5. The Bertz CT molecular complexity index is 678. The number of benzene rings is 1. The number of hydrogen-bond donors (Lipinski definition) is 2. The molecule has 1 aromatic carbocycles. The van der Waals surface area contributed by atoms with Gasteiger partial charge in [-0.05, 0) is 30.4 Å². The molecule has 1 saturated carbocycles. The van der Waals surface area contributed by atoms with Crippen LogP contribution in [0, 0.1) is 0 Å². The Labute approximate surface area is 121 Å². The summed E-state index contributed by atoms with van der Waals surface area (Å²) in [6.07, 6.45) is 2.86. The van der Waals surface area contributed by atoms with Crippen LogP contribution in [-0.2, 0) is 17.8 Å². The van der Waals surface area contributed by atoms with Gasteiger partial charge >= 0.3 is 6.01 Å². The highest BCUT2D eigenvalue weighted by Gasteiger charge is 2.30. The molecular weight excluding hydrogens is 268 g/mol. The molecule has 6 nitrogen and oxygen atoms in total. The molecular formula is C15H16N4O2. The molecule has 1 aromatic heterocycles. The Morgan fingerprint density at radius 2 is 2.05 bits per heavy atom. The molecule has 6 heteroatoms. The number of anilines is 1. The van der Waals surface area contributed by atoms with Gasteiger partial charge in [-0.3, -0.25) is 10.1 Å². The standard InChI is InChI=1S/C15H16N4O2/c20-13(17-15-19-18-14(21-15)9-5-6-9)12-7-10-3-1-2-4-11(10)8-16-12/h1-4,9,12,16H,5-8H2,(H,17,19,20)/t12-/m1/s1. The molecule has 1 aliphatic carbocycles. The Hall–Kier alpha value is -2.21.